The molecule has 0 spiro atoms. The predicted octanol–water partition coefficient (Wildman–Crippen LogP) is 3.27. The Kier molecular flexibility index (Phi) is 12.4. The lowest BCUT2D eigenvalue weighted by molar-refractivity contribution is -0.132. The molecule has 4 amide bonds. The van der Waals surface area contributed by atoms with Crippen LogP contribution in [-0.2, 0) is 22.7 Å². The molecule has 226 valence electrons. The summed E-state index contributed by atoms with van der Waals surface area (Å²) < 4.78 is 0. The molecule has 4 rings (SSSR count). The largest absolute Gasteiger partial charge is 0.370 e. The van der Waals surface area contributed by atoms with Crippen LogP contribution in [0.3, 0.4) is 0 Å². The number of guanidine groups is 2. The number of unbranched alkanes of at least 4 members (excludes halogenated alkanes) is 2. The Morgan fingerprint density at radius 2 is 1.71 bits per heavy atom. The van der Waals surface area contributed by atoms with E-state index in [0.29, 0.717) is 31.5 Å². The van der Waals surface area contributed by atoms with E-state index in [-0.39, 0.29) is 30.3 Å². The molecule has 2 aliphatic heterocycles. The van der Waals surface area contributed by atoms with Crippen LogP contribution in [0.4, 0.5) is 4.79 Å². The van der Waals surface area contributed by atoms with Gasteiger partial charge in [0.15, 0.2) is 11.9 Å². The molecular formula is C30H48N8O3. The van der Waals surface area contributed by atoms with Crippen molar-refractivity contribution in [3.63, 3.8) is 0 Å². The molecular weight excluding hydrogens is 520 g/mol. The van der Waals surface area contributed by atoms with Gasteiger partial charge in [-0.15, -0.1) is 0 Å². The molecule has 3 aliphatic rings. The molecule has 41 heavy (non-hydrogen) atoms. The van der Waals surface area contributed by atoms with Crippen molar-refractivity contribution in [2.24, 2.45) is 27.4 Å². The van der Waals surface area contributed by atoms with Crippen molar-refractivity contribution < 1.29 is 14.4 Å². The van der Waals surface area contributed by atoms with E-state index >= 15 is 0 Å². The number of benzene rings is 1. The fourth-order valence-electron chi connectivity index (χ4n) is 5.52. The Morgan fingerprint density at radius 1 is 1.02 bits per heavy atom. The monoisotopic (exact) mass is 568 g/mol. The van der Waals surface area contributed by atoms with Gasteiger partial charge >= 0.3 is 6.03 Å². The summed E-state index contributed by atoms with van der Waals surface area (Å²) in [6.45, 7) is 6.02. The van der Waals surface area contributed by atoms with E-state index in [2.05, 4.69) is 34.8 Å². The molecule has 0 radical (unpaired) electrons. The predicted molar refractivity (Wildman–Crippen MR) is 162 cm³/mol. The van der Waals surface area contributed by atoms with Gasteiger partial charge in [-0.1, -0.05) is 89.5 Å². The van der Waals surface area contributed by atoms with Crippen molar-refractivity contribution in [2.75, 3.05) is 13.1 Å². The fourth-order valence-corrected chi connectivity index (χ4v) is 5.52. The third-order valence-corrected chi connectivity index (χ3v) is 7.84. The van der Waals surface area contributed by atoms with Crippen LogP contribution in [-0.4, -0.2) is 53.3 Å². The van der Waals surface area contributed by atoms with E-state index in [1.165, 1.54) is 32.1 Å². The summed E-state index contributed by atoms with van der Waals surface area (Å²) in [6.07, 6.45) is 11.9. The first kappa shape index (κ1) is 31.9. The third kappa shape index (κ3) is 9.75. The highest BCUT2D eigenvalue weighted by atomic mass is 16.2. The van der Waals surface area contributed by atoms with Crippen molar-refractivity contribution >= 4 is 29.8 Å². The topological polar surface area (TPSA) is 167 Å². The molecule has 11 nitrogen and oxygen atoms in total. The first-order valence-corrected chi connectivity index (χ1v) is 15.1. The van der Waals surface area contributed by atoms with Crippen LogP contribution in [0.5, 0.6) is 0 Å². The summed E-state index contributed by atoms with van der Waals surface area (Å²) in [5.74, 6) is 1.09. The van der Waals surface area contributed by atoms with Crippen LogP contribution >= 0.6 is 0 Å². The van der Waals surface area contributed by atoms with Crippen molar-refractivity contribution in [3.8, 4) is 0 Å². The fraction of sp³-hybridized carbons (Fsp3) is 0.633. The van der Waals surface area contributed by atoms with Crippen LogP contribution < -0.4 is 27.4 Å². The highest BCUT2D eigenvalue weighted by Gasteiger charge is 2.48. The zero-order chi connectivity index (χ0) is 29.7. The first-order chi connectivity index (χ1) is 19.8. The summed E-state index contributed by atoms with van der Waals surface area (Å²) in [5, 5.41) is 8.04. The summed E-state index contributed by atoms with van der Waals surface area (Å²) in [4.78, 5) is 45.7. The van der Waals surface area contributed by atoms with Gasteiger partial charge < -0.3 is 22.1 Å². The minimum Gasteiger partial charge on any atom is -0.370 e. The Bertz CT molecular complexity index is 1080. The number of nitrogens with zero attached hydrogens (tertiary/aromatic N) is 3. The lowest BCUT2D eigenvalue weighted by Gasteiger charge is -2.32. The van der Waals surface area contributed by atoms with Gasteiger partial charge in [-0.3, -0.25) is 19.8 Å². The van der Waals surface area contributed by atoms with Gasteiger partial charge in [0, 0.05) is 13.1 Å². The zero-order valence-corrected chi connectivity index (χ0v) is 24.7. The van der Waals surface area contributed by atoms with Gasteiger partial charge in [0.25, 0.3) is 5.91 Å². The first-order valence-electron chi connectivity index (χ1n) is 15.1. The molecule has 1 aromatic rings. The van der Waals surface area contributed by atoms with Crippen LogP contribution in [0.25, 0.3) is 0 Å². The molecule has 1 unspecified atom stereocenters. The number of nitrogens with two attached hydrogens (primary N) is 2. The van der Waals surface area contributed by atoms with Crippen LogP contribution in [0.2, 0.25) is 0 Å². The van der Waals surface area contributed by atoms with E-state index in [1.54, 1.807) is 4.90 Å². The van der Waals surface area contributed by atoms with Gasteiger partial charge in [-0.25, -0.2) is 14.8 Å². The van der Waals surface area contributed by atoms with Crippen molar-refractivity contribution in [1.82, 2.24) is 20.9 Å². The summed E-state index contributed by atoms with van der Waals surface area (Å²) >= 11 is 0. The zero-order valence-electron chi connectivity index (χ0n) is 24.7. The lowest BCUT2D eigenvalue weighted by atomic mass is 9.77. The summed E-state index contributed by atoms with van der Waals surface area (Å²) in [6, 6.07) is 7.83. The van der Waals surface area contributed by atoms with E-state index in [4.69, 9.17) is 16.5 Å². The molecule has 1 saturated carbocycles. The van der Waals surface area contributed by atoms with E-state index in [0.717, 1.165) is 49.7 Å². The van der Waals surface area contributed by atoms with E-state index in [1.807, 2.05) is 24.3 Å². The normalized spacial score (nSPS) is 20.6. The summed E-state index contributed by atoms with van der Waals surface area (Å²) in [5.41, 5.74) is 12.7. The molecule has 1 aliphatic carbocycles. The van der Waals surface area contributed by atoms with Gasteiger partial charge in [-0.05, 0) is 36.3 Å². The van der Waals surface area contributed by atoms with Gasteiger partial charge in [-0.2, -0.15) is 0 Å². The van der Waals surface area contributed by atoms with Crippen LogP contribution in [0.1, 0.15) is 95.6 Å². The Balaban J connectivity index is 0.000000575. The molecule has 11 heteroatoms. The van der Waals surface area contributed by atoms with Crippen molar-refractivity contribution in [3.05, 3.63) is 35.4 Å². The van der Waals surface area contributed by atoms with Crippen molar-refractivity contribution in [2.45, 2.75) is 103 Å². The molecule has 7 N–H and O–H groups in total. The van der Waals surface area contributed by atoms with E-state index < -0.39 is 5.54 Å². The Hall–Kier alpha value is -3.63. The molecule has 0 aromatic heterocycles. The maximum atomic E-state index is 13.7. The second-order valence-electron chi connectivity index (χ2n) is 11.2. The number of nitrogens with one attached hydrogen (secondary N) is 3. The number of carbonyl (C=O) groups excluding carboxylic acids is 3. The van der Waals surface area contributed by atoms with Crippen LogP contribution in [0, 0.1) is 5.92 Å². The minimum absolute atomic E-state index is 0.0681. The average Bonchev–Trinajstić information content (AvgIpc) is 3.46. The second-order valence-corrected chi connectivity index (χ2v) is 11.2. The molecule has 2 heterocycles. The smallest absolute Gasteiger partial charge is 0.315 e. The number of urea groups is 1. The number of hydrogen-bond donors (Lipinski definition) is 5. The van der Waals surface area contributed by atoms with Crippen molar-refractivity contribution in [1.29, 1.82) is 0 Å². The lowest BCUT2D eigenvalue weighted by Crippen LogP contribution is -2.45. The van der Waals surface area contributed by atoms with E-state index in [9.17, 15) is 14.4 Å². The standard InChI is InChI=1S/C27H43N5O2.C3H5N3O/c1-3-5-16-27(18-21-10-8-7-9-11-21)24(33)32(25(28)31-27)20-23-14-12-22(13-15-23)19-30-26(34)29-17-6-4-2;4-3-5-1-2(7)6-3/h12-15,21H,3-11,16-20H2,1-2H3,(H2,28,31)(H2,29,30,34);1H2,(H3,4,5,6,7). The molecule has 1 fully saturated rings. The number of hydrogen-bond acceptors (Lipinski definition) is 7. The molecule has 0 bridgehead atoms. The quantitative estimate of drug-likeness (QED) is 0.244. The molecule has 1 atom stereocenters. The maximum absolute atomic E-state index is 13.7. The van der Waals surface area contributed by atoms with Gasteiger partial charge in [0.1, 0.15) is 12.1 Å². The molecule has 1 aromatic carbocycles. The minimum atomic E-state index is -0.683. The van der Waals surface area contributed by atoms with Crippen LogP contribution in [0.15, 0.2) is 34.3 Å². The third-order valence-electron chi connectivity index (χ3n) is 7.84. The number of carbonyl (C=O) groups is 3. The average molecular weight is 569 g/mol. The highest BCUT2D eigenvalue weighted by Crippen LogP contribution is 2.39. The SMILES string of the molecule is CCCCNC(=O)NCc1ccc(CN2C(=O)C(CCCC)(CC3CCCCC3)N=C2N)cc1.NC1=NCC(=O)N1. The second kappa shape index (κ2) is 16.0. The Morgan fingerprint density at radius 3 is 2.29 bits per heavy atom. The Labute approximate surface area is 244 Å². The number of aliphatic imine (C=N–C) groups is 2. The summed E-state index contributed by atoms with van der Waals surface area (Å²) in [7, 11) is 0. The highest BCUT2D eigenvalue weighted by molar-refractivity contribution is 6.06. The maximum Gasteiger partial charge on any atom is 0.315 e. The molecule has 0 saturated heterocycles. The van der Waals surface area contributed by atoms with Gasteiger partial charge in [0.2, 0.25) is 5.91 Å². The number of amides is 4. The van der Waals surface area contributed by atoms with Gasteiger partial charge in [0.05, 0.1) is 6.54 Å². The number of rotatable bonds is 12.